The fourth-order valence-electron chi connectivity index (χ4n) is 4.24. The average Bonchev–Trinajstić information content (AvgIpc) is 3.33. The minimum atomic E-state index is -0.779. The van der Waals surface area contributed by atoms with Crippen LogP contribution in [0.2, 0.25) is 0 Å². The van der Waals surface area contributed by atoms with Gasteiger partial charge in [-0.05, 0) is 59.9 Å². The summed E-state index contributed by atoms with van der Waals surface area (Å²) in [5, 5.41) is 20.5. The molecule has 0 aliphatic carbocycles. The summed E-state index contributed by atoms with van der Waals surface area (Å²) in [5.74, 6) is 0. The third-order valence-electron chi connectivity index (χ3n) is 6.23. The van der Waals surface area contributed by atoms with Crippen LogP contribution in [0.4, 0.5) is 0 Å². The summed E-state index contributed by atoms with van der Waals surface area (Å²) in [6.07, 6.45) is 3.16. The maximum absolute atomic E-state index is 10.9. The van der Waals surface area contributed by atoms with E-state index in [-0.39, 0.29) is 0 Å². The van der Waals surface area contributed by atoms with Crippen molar-refractivity contribution >= 4 is 28.3 Å². The number of rotatable bonds is 6. The first-order valence-corrected chi connectivity index (χ1v) is 11.8. The van der Waals surface area contributed by atoms with Crippen molar-refractivity contribution in [1.82, 2.24) is 14.6 Å². The number of fused-ring (bicyclic) bond motifs is 3. The topological polar surface area (TPSA) is 50.4 Å². The Kier molecular flexibility index (Phi) is 5.45. The lowest BCUT2D eigenvalue weighted by Gasteiger charge is -2.26. The van der Waals surface area contributed by atoms with E-state index in [0.29, 0.717) is 12.8 Å². The van der Waals surface area contributed by atoms with Gasteiger partial charge in [0.1, 0.15) is 6.33 Å². The monoisotopic (exact) mass is 439 g/mol. The van der Waals surface area contributed by atoms with E-state index >= 15 is 0 Å². The summed E-state index contributed by atoms with van der Waals surface area (Å²) in [7, 11) is 0. The van der Waals surface area contributed by atoms with E-state index in [9.17, 15) is 5.11 Å². The Hall–Kier alpha value is -3.15. The molecule has 0 saturated heterocycles. The minimum absolute atomic E-state index is 0.696. The third-order valence-corrected chi connectivity index (χ3v) is 7.21. The second-order valence-electron chi connectivity index (χ2n) is 8.03. The van der Waals surface area contributed by atoms with Crippen LogP contribution in [0, 0.1) is 0 Å². The number of aliphatic hydroxyl groups is 1. The summed E-state index contributed by atoms with van der Waals surface area (Å²) in [4.78, 5) is 2.24. The summed E-state index contributed by atoms with van der Waals surface area (Å²) >= 11 is 1.70. The molecule has 3 aromatic carbocycles. The SMILES string of the molecule is CCC(O)(CC)c1cccc(Sc2ccc3c(-c4ccccc4)cc4nncn4c3c2)c1. The Morgan fingerprint density at radius 3 is 2.44 bits per heavy atom. The Bertz CT molecular complexity index is 1390. The van der Waals surface area contributed by atoms with E-state index in [2.05, 4.69) is 70.9 Å². The zero-order valence-electron chi connectivity index (χ0n) is 18.2. The Morgan fingerprint density at radius 1 is 0.875 bits per heavy atom. The fraction of sp³-hybridized carbons (Fsp3) is 0.185. The lowest BCUT2D eigenvalue weighted by molar-refractivity contribution is 0.0282. The molecule has 0 amide bonds. The van der Waals surface area contributed by atoms with Crippen molar-refractivity contribution in [2.75, 3.05) is 0 Å². The number of benzene rings is 3. The molecule has 0 unspecified atom stereocenters. The van der Waals surface area contributed by atoms with Crippen molar-refractivity contribution in [1.29, 1.82) is 0 Å². The molecule has 0 atom stereocenters. The molecule has 4 nitrogen and oxygen atoms in total. The van der Waals surface area contributed by atoms with Gasteiger partial charge < -0.3 is 5.11 Å². The highest BCUT2D eigenvalue weighted by atomic mass is 32.2. The molecule has 32 heavy (non-hydrogen) atoms. The first-order valence-electron chi connectivity index (χ1n) is 10.9. The van der Waals surface area contributed by atoms with Gasteiger partial charge >= 0.3 is 0 Å². The van der Waals surface area contributed by atoms with E-state index in [1.807, 2.05) is 36.4 Å². The number of aromatic nitrogens is 3. The lowest BCUT2D eigenvalue weighted by Crippen LogP contribution is -2.23. The Labute approximate surface area is 191 Å². The van der Waals surface area contributed by atoms with Crippen LogP contribution in [0.5, 0.6) is 0 Å². The van der Waals surface area contributed by atoms with Crippen LogP contribution in [0.25, 0.3) is 27.7 Å². The van der Waals surface area contributed by atoms with Crippen LogP contribution in [0.15, 0.2) is 95.0 Å². The molecule has 0 bridgehead atoms. The average molecular weight is 440 g/mol. The zero-order chi connectivity index (χ0) is 22.1. The molecule has 0 aliphatic heterocycles. The molecule has 0 fully saturated rings. The van der Waals surface area contributed by atoms with Crippen LogP contribution in [-0.2, 0) is 5.60 Å². The number of nitrogens with zero attached hydrogens (tertiary/aromatic N) is 3. The lowest BCUT2D eigenvalue weighted by atomic mass is 9.89. The highest BCUT2D eigenvalue weighted by Gasteiger charge is 2.24. The standard InChI is InChI=1S/C27H25N3OS/c1-3-27(31,4-2)20-11-8-12-21(15-20)32-22-13-14-23-24(19-9-6-5-7-10-19)17-26-29-28-18-30(26)25(23)16-22/h5-18,31H,3-4H2,1-2H3. The van der Waals surface area contributed by atoms with Gasteiger partial charge in [-0.3, -0.25) is 4.40 Å². The highest BCUT2D eigenvalue weighted by molar-refractivity contribution is 7.99. The van der Waals surface area contributed by atoms with E-state index in [1.165, 1.54) is 0 Å². The first-order chi connectivity index (χ1) is 15.6. The van der Waals surface area contributed by atoms with Gasteiger partial charge in [-0.2, -0.15) is 0 Å². The van der Waals surface area contributed by atoms with Crippen molar-refractivity contribution in [2.45, 2.75) is 42.1 Å². The van der Waals surface area contributed by atoms with E-state index in [1.54, 1.807) is 18.1 Å². The van der Waals surface area contributed by atoms with Crippen molar-refractivity contribution < 1.29 is 5.11 Å². The Balaban J connectivity index is 1.59. The van der Waals surface area contributed by atoms with Crippen LogP contribution < -0.4 is 0 Å². The molecule has 5 heteroatoms. The molecule has 0 aliphatic rings. The molecule has 5 rings (SSSR count). The van der Waals surface area contributed by atoms with Gasteiger partial charge in [0.2, 0.25) is 0 Å². The molecule has 0 saturated carbocycles. The predicted octanol–water partition coefficient (Wildman–Crippen LogP) is 6.71. The van der Waals surface area contributed by atoms with Gasteiger partial charge in [0.05, 0.1) is 11.1 Å². The number of hydrogen-bond donors (Lipinski definition) is 1. The van der Waals surface area contributed by atoms with Crippen LogP contribution in [-0.4, -0.2) is 19.7 Å². The molecule has 5 aromatic rings. The van der Waals surface area contributed by atoms with E-state index in [0.717, 1.165) is 43.0 Å². The fourth-order valence-corrected chi connectivity index (χ4v) is 5.15. The van der Waals surface area contributed by atoms with Crippen molar-refractivity contribution in [3.63, 3.8) is 0 Å². The van der Waals surface area contributed by atoms with Crippen molar-refractivity contribution in [3.05, 3.63) is 90.8 Å². The molecule has 2 aromatic heterocycles. The second-order valence-corrected chi connectivity index (χ2v) is 9.18. The highest BCUT2D eigenvalue weighted by Crippen LogP contribution is 2.37. The molecular formula is C27H25N3OS. The quantitative estimate of drug-likeness (QED) is 0.319. The minimum Gasteiger partial charge on any atom is -0.385 e. The first kappa shape index (κ1) is 20.7. The molecule has 0 spiro atoms. The van der Waals surface area contributed by atoms with Crippen LogP contribution in [0.1, 0.15) is 32.3 Å². The van der Waals surface area contributed by atoms with Crippen LogP contribution >= 0.6 is 11.8 Å². The van der Waals surface area contributed by atoms with Gasteiger partial charge in [0.25, 0.3) is 0 Å². The van der Waals surface area contributed by atoms with Gasteiger partial charge in [-0.1, -0.05) is 74.1 Å². The molecule has 1 N–H and O–H groups in total. The number of hydrogen-bond acceptors (Lipinski definition) is 4. The maximum atomic E-state index is 10.9. The van der Waals surface area contributed by atoms with Gasteiger partial charge in [-0.15, -0.1) is 10.2 Å². The predicted molar refractivity (Wildman–Crippen MR) is 131 cm³/mol. The van der Waals surface area contributed by atoms with Gasteiger partial charge in [-0.25, -0.2) is 0 Å². The molecule has 2 heterocycles. The van der Waals surface area contributed by atoms with Gasteiger partial charge in [0.15, 0.2) is 5.65 Å². The third kappa shape index (κ3) is 3.68. The van der Waals surface area contributed by atoms with Crippen molar-refractivity contribution in [2.24, 2.45) is 0 Å². The van der Waals surface area contributed by atoms with Crippen molar-refractivity contribution in [3.8, 4) is 11.1 Å². The number of pyridine rings is 1. The second kappa shape index (κ2) is 8.41. The summed E-state index contributed by atoms with van der Waals surface area (Å²) in [5.41, 5.74) is 4.41. The van der Waals surface area contributed by atoms with E-state index < -0.39 is 5.60 Å². The largest absolute Gasteiger partial charge is 0.385 e. The Morgan fingerprint density at radius 2 is 1.66 bits per heavy atom. The van der Waals surface area contributed by atoms with Gasteiger partial charge in [0, 0.05) is 15.2 Å². The normalized spacial score (nSPS) is 12.0. The summed E-state index contributed by atoms with van der Waals surface area (Å²) in [6.45, 7) is 4.06. The van der Waals surface area contributed by atoms with E-state index in [4.69, 9.17) is 0 Å². The van der Waals surface area contributed by atoms with Crippen LogP contribution in [0.3, 0.4) is 0 Å². The summed E-state index contributed by atoms with van der Waals surface area (Å²) in [6, 6.07) is 27.3. The molecular weight excluding hydrogens is 414 g/mol. The summed E-state index contributed by atoms with van der Waals surface area (Å²) < 4.78 is 2.04. The smallest absolute Gasteiger partial charge is 0.161 e. The molecule has 0 radical (unpaired) electrons. The zero-order valence-corrected chi connectivity index (χ0v) is 19.0. The molecule has 160 valence electrons. The maximum Gasteiger partial charge on any atom is 0.161 e.